The standard InChI is InChI=1S/C35H40N2O5S/c1-23-24(2)32-29(25(3)31(23)41-22-27-9-7-6-8-10-27)15-16-35(4,42-32)17-18-37(5)19-20-40-28-13-11-26(12-14-28)21-30-33(38)36-34(39)43-30/h6-14,21H,15-20,22H2,1-5H3,(H,36,38,39)/b30-21+. The van der Waals surface area contributed by atoms with Gasteiger partial charge in [-0.25, -0.2) is 0 Å². The van der Waals surface area contributed by atoms with Crippen LogP contribution in [0.1, 0.15) is 53.1 Å². The normalized spacial score (nSPS) is 18.9. The molecule has 43 heavy (non-hydrogen) atoms. The Kier molecular flexibility index (Phi) is 9.47. The van der Waals surface area contributed by atoms with E-state index in [0.717, 1.165) is 83.6 Å². The van der Waals surface area contributed by atoms with Crippen LogP contribution in [0.25, 0.3) is 6.08 Å². The van der Waals surface area contributed by atoms with Crippen LogP contribution in [0.5, 0.6) is 17.2 Å². The number of benzene rings is 3. The van der Waals surface area contributed by atoms with E-state index in [-0.39, 0.29) is 16.7 Å². The van der Waals surface area contributed by atoms with Crippen molar-refractivity contribution < 1.29 is 23.8 Å². The molecule has 0 bridgehead atoms. The number of hydrogen-bond acceptors (Lipinski definition) is 7. The third kappa shape index (κ3) is 7.43. The highest BCUT2D eigenvalue weighted by Gasteiger charge is 2.35. The predicted octanol–water partition coefficient (Wildman–Crippen LogP) is 7.00. The average molecular weight is 601 g/mol. The molecule has 1 fully saturated rings. The number of amides is 2. The fraction of sp³-hybridized carbons (Fsp3) is 0.371. The monoisotopic (exact) mass is 600 g/mol. The van der Waals surface area contributed by atoms with Crippen molar-refractivity contribution in [3.05, 3.63) is 92.9 Å². The van der Waals surface area contributed by atoms with Crippen LogP contribution >= 0.6 is 11.8 Å². The molecule has 5 rings (SSSR count). The Morgan fingerprint density at radius 1 is 0.977 bits per heavy atom. The van der Waals surface area contributed by atoms with Crippen LogP contribution < -0.4 is 19.5 Å². The number of thioether (sulfide) groups is 1. The van der Waals surface area contributed by atoms with Crippen LogP contribution in [-0.4, -0.2) is 48.4 Å². The molecule has 1 atom stereocenters. The number of fused-ring (bicyclic) bond motifs is 1. The maximum absolute atomic E-state index is 11.7. The van der Waals surface area contributed by atoms with E-state index in [0.29, 0.717) is 18.1 Å². The Morgan fingerprint density at radius 3 is 2.42 bits per heavy atom. The molecule has 2 amide bonds. The number of imide groups is 1. The number of carbonyl (C=O) groups excluding carboxylic acids is 2. The third-order valence-corrected chi connectivity index (χ3v) is 9.18. The summed E-state index contributed by atoms with van der Waals surface area (Å²) < 4.78 is 19.1. The zero-order chi connectivity index (χ0) is 30.6. The first-order chi connectivity index (χ1) is 20.6. The molecule has 0 spiro atoms. The molecule has 0 radical (unpaired) electrons. The van der Waals surface area contributed by atoms with Gasteiger partial charge < -0.3 is 19.1 Å². The molecule has 3 aromatic carbocycles. The van der Waals surface area contributed by atoms with Crippen molar-refractivity contribution in [3.8, 4) is 17.2 Å². The van der Waals surface area contributed by atoms with Gasteiger partial charge in [-0.15, -0.1) is 0 Å². The first-order valence-corrected chi connectivity index (χ1v) is 15.6. The average Bonchev–Trinajstić information content (AvgIpc) is 3.32. The van der Waals surface area contributed by atoms with Crippen molar-refractivity contribution in [1.29, 1.82) is 0 Å². The SMILES string of the molecule is Cc1c(C)c2c(c(C)c1OCc1ccccc1)CCC(C)(CCN(C)CCOc1ccc(/C=C3/SC(=O)NC3=O)cc1)O2. The summed E-state index contributed by atoms with van der Waals surface area (Å²) in [6.45, 7) is 11.5. The molecule has 2 aliphatic rings. The van der Waals surface area contributed by atoms with Crippen LogP contribution in [0.4, 0.5) is 4.79 Å². The van der Waals surface area contributed by atoms with E-state index in [1.54, 1.807) is 6.08 Å². The predicted molar refractivity (Wildman–Crippen MR) is 172 cm³/mol. The highest BCUT2D eigenvalue weighted by atomic mass is 32.2. The second-order valence-electron chi connectivity index (χ2n) is 11.7. The molecule has 1 N–H and O–H groups in total. The van der Waals surface area contributed by atoms with Gasteiger partial charge in [0.1, 0.15) is 36.1 Å². The van der Waals surface area contributed by atoms with Crippen molar-refractivity contribution in [1.82, 2.24) is 10.2 Å². The van der Waals surface area contributed by atoms with Gasteiger partial charge >= 0.3 is 0 Å². The van der Waals surface area contributed by atoms with E-state index in [1.807, 2.05) is 42.5 Å². The summed E-state index contributed by atoms with van der Waals surface area (Å²) in [5.74, 6) is 2.42. The van der Waals surface area contributed by atoms with E-state index < -0.39 is 0 Å². The third-order valence-electron chi connectivity index (χ3n) is 8.37. The fourth-order valence-electron chi connectivity index (χ4n) is 5.50. The zero-order valence-electron chi connectivity index (χ0n) is 25.6. The number of carbonyl (C=O) groups is 2. The molecule has 0 aliphatic carbocycles. The topological polar surface area (TPSA) is 77.1 Å². The molecule has 3 aromatic rings. The van der Waals surface area contributed by atoms with Crippen molar-refractivity contribution in [2.45, 2.75) is 59.2 Å². The van der Waals surface area contributed by atoms with Crippen LogP contribution in [0, 0.1) is 20.8 Å². The Hall–Kier alpha value is -3.75. The Balaban J connectivity index is 1.11. The van der Waals surface area contributed by atoms with Gasteiger partial charge in [-0.1, -0.05) is 42.5 Å². The first kappa shape index (κ1) is 30.7. The minimum absolute atomic E-state index is 0.234. The number of hydrogen-bond donors (Lipinski definition) is 1. The van der Waals surface area contributed by atoms with Crippen molar-refractivity contribution in [2.24, 2.45) is 0 Å². The quantitative estimate of drug-likeness (QED) is 0.238. The van der Waals surface area contributed by atoms with E-state index in [9.17, 15) is 9.59 Å². The van der Waals surface area contributed by atoms with Crippen molar-refractivity contribution >= 4 is 29.0 Å². The van der Waals surface area contributed by atoms with Gasteiger partial charge in [-0.05, 0) is 112 Å². The lowest BCUT2D eigenvalue weighted by Crippen LogP contribution is -2.40. The molecule has 7 nitrogen and oxygen atoms in total. The van der Waals surface area contributed by atoms with E-state index >= 15 is 0 Å². The van der Waals surface area contributed by atoms with E-state index in [2.05, 4.69) is 57.1 Å². The van der Waals surface area contributed by atoms with Crippen molar-refractivity contribution in [2.75, 3.05) is 26.7 Å². The summed E-state index contributed by atoms with van der Waals surface area (Å²) in [5, 5.41) is 1.93. The summed E-state index contributed by atoms with van der Waals surface area (Å²) in [4.78, 5) is 25.8. The first-order valence-electron chi connectivity index (χ1n) is 14.8. The Bertz CT molecular complexity index is 1520. The van der Waals surface area contributed by atoms with Gasteiger partial charge in [0.15, 0.2) is 0 Å². The van der Waals surface area contributed by atoms with Gasteiger partial charge in [0, 0.05) is 18.7 Å². The summed E-state index contributed by atoms with van der Waals surface area (Å²) in [5.41, 5.74) is 6.54. The number of rotatable bonds is 11. The highest BCUT2D eigenvalue weighted by molar-refractivity contribution is 8.18. The minimum Gasteiger partial charge on any atom is -0.492 e. The minimum atomic E-state index is -0.353. The highest BCUT2D eigenvalue weighted by Crippen LogP contribution is 2.44. The Morgan fingerprint density at radius 2 is 1.72 bits per heavy atom. The maximum Gasteiger partial charge on any atom is 0.290 e. The van der Waals surface area contributed by atoms with Crippen LogP contribution in [-0.2, 0) is 17.8 Å². The lowest BCUT2D eigenvalue weighted by molar-refractivity contribution is -0.115. The molecular formula is C35H40N2O5S. The molecule has 0 saturated carbocycles. The molecule has 8 heteroatoms. The van der Waals surface area contributed by atoms with Gasteiger partial charge in [-0.3, -0.25) is 14.9 Å². The molecular weight excluding hydrogens is 560 g/mol. The lowest BCUT2D eigenvalue weighted by atomic mass is 9.85. The smallest absolute Gasteiger partial charge is 0.290 e. The second kappa shape index (κ2) is 13.3. The molecule has 2 aliphatic heterocycles. The Labute approximate surface area is 258 Å². The van der Waals surface area contributed by atoms with Gasteiger partial charge in [-0.2, -0.15) is 0 Å². The fourth-order valence-corrected chi connectivity index (χ4v) is 6.18. The van der Waals surface area contributed by atoms with E-state index in [4.69, 9.17) is 14.2 Å². The number of ether oxygens (including phenoxy) is 3. The number of nitrogens with zero attached hydrogens (tertiary/aromatic N) is 1. The van der Waals surface area contributed by atoms with Crippen LogP contribution in [0.2, 0.25) is 0 Å². The van der Waals surface area contributed by atoms with Gasteiger partial charge in [0.05, 0.1) is 4.91 Å². The molecule has 1 saturated heterocycles. The summed E-state index contributed by atoms with van der Waals surface area (Å²) in [6.07, 6.45) is 4.56. The van der Waals surface area contributed by atoms with Crippen LogP contribution in [0.15, 0.2) is 59.5 Å². The summed E-state index contributed by atoms with van der Waals surface area (Å²) in [6, 6.07) is 17.8. The largest absolute Gasteiger partial charge is 0.492 e. The number of nitrogens with one attached hydrogen (secondary N) is 1. The second-order valence-corrected chi connectivity index (χ2v) is 12.7. The zero-order valence-corrected chi connectivity index (χ0v) is 26.4. The molecule has 0 aromatic heterocycles. The number of likely N-dealkylation sites (N-methyl/N-ethyl adjacent to an activating group) is 1. The van der Waals surface area contributed by atoms with Crippen LogP contribution in [0.3, 0.4) is 0 Å². The molecule has 226 valence electrons. The van der Waals surface area contributed by atoms with Gasteiger partial charge in [0.25, 0.3) is 11.1 Å². The maximum atomic E-state index is 11.7. The summed E-state index contributed by atoms with van der Waals surface area (Å²) in [7, 11) is 2.11. The van der Waals surface area contributed by atoms with E-state index in [1.165, 1.54) is 11.1 Å². The lowest BCUT2D eigenvalue weighted by Gasteiger charge is -2.39. The molecule has 2 heterocycles. The summed E-state index contributed by atoms with van der Waals surface area (Å²) >= 11 is 0.915. The van der Waals surface area contributed by atoms with Crippen molar-refractivity contribution in [3.63, 3.8) is 0 Å². The molecule has 1 unspecified atom stereocenters. The van der Waals surface area contributed by atoms with Gasteiger partial charge in [0.2, 0.25) is 0 Å².